The number of amides is 1. The molecule has 7 heteroatoms. The predicted octanol–water partition coefficient (Wildman–Crippen LogP) is 1.91. The molecule has 0 radical (unpaired) electrons. The standard InChI is InChI=1S/C19H25NO6/c1-19(2,3)14-4-6-15(7-5-14)24-9-8-20-17(21)13-26-18(22)16-12-23-10-11-25-16/h4-7,12H,8-11,13H2,1-3H3,(H,20,21). The van der Waals surface area contributed by atoms with Crippen LogP contribution in [-0.4, -0.2) is 44.8 Å². The molecule has 0 spiro atoms. The average molecular weight is 363 g/mol. The third kappa shape index (κ3) is 6.31. The van der Waals surface area contributed by atoms with Crippen LogP contribution in [0.4, 0.5) is 0 Å². The molecule has 1 amide bonds. The highest BCUT2D eigenvalue weighted by Gasteiger charge is 2.17. The maximum absolute atomic E-state index is 11.7. The third-order valence-corrected chi connectivity index (χ3v) is 3.60. The number of rotatable bonds is 7. The van der Waals surface area contributed by atoms with Gasteiger partial charge in [-0.2, -0.15) is 0 Å². The van der Waals surface area contributed by atoms with E-state index in [2.05, 4.69) is 26.1 Å². The molecule has 1 N–H and O–H groups in total. The first-order valence-electron chi connectivity index (χ1n) is 8.48. The van der Waals surface area contributed by atoms with Crippen LogP contribution in [-0.2, 0) is 29.2 Å². The Bertz CT molecular complexity index is 645. The lowest BCUT2D eigenvalue weighted by Gasteiger charge is -2.19. The zero-order valence-electron chi connectivity index (χ0n) is 15.4. The number of ether oxygens (including phenoxy) is 4. The maximum atomic E-state index is 11.7. The van der Waals surface area contributed by atoms with Crippen LogP contribution in [0.15, 0.2) is 36.3 Å². The highest BCUT2D eigenvalue weighted by atomic mass is 16.6. The van der Waals surface area contributed by atoms with Gasteiger partial charge in [-0.3, -0.25) is 4.79 Å². The molecule has 0 unspecified atom stereocenters. The number of esters is 1. The summed E-state index contributed by atoms with van der Waals surface area (Å²) in [5.41, 5.74) is 1.32. The van der Waals surface area contributed by atoms with E-state index in [1.807, 2.05) is 24.3 Å². The molecule has 142 valence electrons. The van der Waals surface area contributed by atoms with Crippen molar-refractivity contribution in [1.82, 2.24) is 5.32 Å². The number of hydrogen-bond acceptors (Lipinski definition) is 6. The molecular formula is C19H25NO6. The van der Waals surface area contributed by atoms with Crippen molar-refractivity contribution in [3.05, 3.63) is 41.9 Å². The van der Waals surface area contributed by atoms with E-state index < -0.39 is 11.9 Å². The van der Waals surface area contributed by atoms with Crippen molar-refractivity contribution in [2.75, 3.05) is 33.0 Å². The van der Waals surface area contributed by atoms with E-state index in [4.69, 9.17) is 18.9 Å². The highest BCUT2D eigenvalue weighted by Crippen LogP contribution is 2.24. The van der Waals surface area contributed by atoms with E-state index >= 15 is 0 Å². The van der Waals surface area contributed by atoms with Crippen molar-refractivity contribution >= 4 is 11.9 Å². The number of benzene rings is 1. The first-order chi connectivity index (χ1) is 12.4. The summed E-state index contributed by atoms with van der Waals surface area (Å²) in [6.07, 6.45) is 1.18. The highest BCUT2D eigenvalue weighted by molar-refractivity contribution is 5.88. The van der Waals surface area contributed by atoms with Crippen molar-refractivity contribution in [3.63, 3.8) is 0 Å². The molecule has 0 saturated carbocycles. The van der Waals surface area contributed by atoms with E-state index in [0.717, 1.165) is 5.75 Å². The lowest BCUT2D eigenvalue weighted by Crippen LogP contribution is -2.32. The number of hydrogen-bond donors (Lipinski definition) is 1. The minimum atomic E-state index is -0.727. The Labute approximate surface area is 153 Å². The van der Waals surface area contributed by atoms with E-state index in [1.165, 1.54) is 11.8 Å². The third-order valence-electron chi connectivity index (χ3n) is 3.60. The van der Waals surface area contributed by atoms with Crippen molar-refractivity contribution in [3.8, 4) is 5.75 Å². The summed E-state index contributed by atoms with van der Waals surface area (Å²) in [7, 11) is 0. The van der Waals surface area contributed by atoms with Crippen molar-refractivity contribution in [1.29, 1.82) is 0 Å². The smallest absolute Gasteiger partial charge is 0.377 e. The molecule has 0 aromatic heterocycles. The van der Waals surface area contributed by atoms with Gasteiger partial charge in [0.25, 0.3) is 5.91 Å². The fourth-order valence-corrected chi connectivity index (χ4v) is 2.14. The summed E-state index contributed by atoms with van der Waals surface area (Å²) < 4.78 is 20.4. The lowest BCUT2D eigenvalue weighted by atomic mass is 9.87. The second-order valence-corrected chi connectivity index (χ2v) is 6.75. The quantitative estimate of drug-likeness (QED) is 0.589. The molecule has 1 aliphatic rings. The topological polar surface area (TPSA) is 83.1 Å². The summed E-state index contributed by atoms with van der Waals surface area (Å²) in [5.74, 6) is -0.441. The summed E-state index contributed by atoms with van der Waals surface area (Å²) in [5, 5.41) is 2.61. The van der Waals surface area contributed by atoms with Crippen molar-refractivity contribution in [2.45, 2.75) is 26.2 Å². The van der Waals surface area contributed by atoms with Gasteiger partial charge in [0.1, 0.15) is 31.8 Å². The molecule has 7 nitrogen and oxygen atoms in total. The Morgan fingerprint density at radius 3 is 2.50 bits per heavy atom. The first-order valence-corrected chi connectivity index (χ1v) is 8.48. The van der Waals surface area contributed by atoms with Crippen LogP contribution in [0.25, 0.3) is 0 Å². The fourth-order valence-electron chi connectivity index (χ4n) is 2.14. The van der Waals surface area contributed by atoms with Crippen molar-refractivity contribution < 1.29 is 28.5 Å². The second-order valence-electron chi connectivity index (χ2n) is 6.75. The van der Waals surface area contributed by atoms with Crippen LogP contribution in [0.5, 0.6) is 5.75 Å². The average Bonchev–Trinajstić information content (AvgIpc) is 2.63. The zero-order valence-corrected chi connectivity index (χ0v) is 15.4. The van der Waals surface area contributed by atoms with Crippen LogP contribution in [0, 0.1) is 0 Å². The normalized spacial score (nSPS) is 13.7. The number of carbonyl (C=O) groups is 2. The van der Waals surface area contributed by atoms with Gasteiger partial charge in [0.05, 0.1) is 6.54 Å². The summed E-state index contributed by atoms with van der Waals surface area (Å²) in [4.78, 5) is 23.3. The minimum absolute atomic E-state index is 0.0360. The summed E-state index contributed by atoms with van der Waals surface area (Å²) >= 11 is 0. The van der Waals surface area contributed by atoms with Crippen LogP contribution in [0.1, 0.15) is 26.3 Å². The van der Waals surface area contributed by atoms with Gasteiger partial charge >= 0.3 is 5.97 Å². The Hall–Kier alpha value is -2.70. The van der Waals surface area contributed by atoms with Gasteiger partial charge in [-0.1, -0.05) is 32.9 Å². The molecule has 2 rings (SSSR count). The Kier molecular flexibility index (Phi) is 6.89. The first kappa shape index (κ1) is 19.6. The Balaban J connectivity index is 1.62. The fraction of sp³-hybridized carbons (Fsp3) is 0.474. The Morgan fingerprint density at radius 2 is 1.88 bits per heavy atom. The SMILES string of the molecule is CC(C)(C)c1ccc(OCCNC(=O)COC(=O)C2=COCCO2)cc1. The second kappa shape index (κ2) is 9.12. The molecule has 0 saturated heterocycles. The van der Waals surface area contributed by atoms with Gasteiger partial charge in [0.2, 0.25) is 5.76 Å². The number of carbonyl (C=O) groups excluding carboxylic acids is 2. The van der Waals surface area contributed by atoms with Crippen LogP contribution in [0.3, 0.4) is 0 Å². The predicted molar refractivity (Wildman–Crippen MR) is 94.6 cm³/mol. The molecule has 0 aliphatic carbocycles. The molecule has 0 bridgehead atoms. The van der Waals surface area contributed by atoms with Crippen LogP contribution < -0.4 is 10.1 Å². The zero-order chi connectivity index (χ0) is 19.0. The van der Waals surface area contributed by atoms with E-state index in [0.29, 0.717) is 19.8 Å². The molecule has 1 aromatic carbocycles. The molecule has 1 heterocycles. The largest absolute Gasteiger partial charge is 0.493 e. The van der Waals surface area contributed by atoms with Crippen LogP contribution >= 0.6 is 0 Å². The minimum Gasteiger partial charge on any atom is -0.493 e. The maximum Gasteiger partial charge on any atom is 0.377 e. The van der Waals surface area contributed by atoms with Gasteiger partial charge in [0, 0.05) is 0 Å². The van der Waals surface area contributed by atoms with Gasteiger partial charge in [-0.05, 0) is 23.1 Å². The van der Waals surface area contributed by atoms with Gasteiger partial charge in [-0.15, -0.1) is 0 Å². The molecule has 1 aliphatic heterocycles. The number of nitrogens with one attached hydrogen (secondary N) is 1. The van der Waals surface area contributed by atoms with Gasteiger partial charge in [0.15, 0.2) is 6.61 Å². The van der Waals surface area contributed by atoms with Gasteiger partial charge < -0.3 is 24.3 Å². The van der Waals surface area contributed by atoms with E-state index in [1.54, 1.807) is 0 Å². The van der Waals surface area contributed by atoms with Crippen LogP contribution in [0.2, 0.25) is 0 Å². The van der Waals surface area contributed by atoms with E-state index in [9.17, 15) is 9.59 Å². The van der Waals surface area contributed by atoms with Crippen molar-refractivity contribution in [2.24, 2.45) is 0 Å². The monoisotopic (exact) mass is 363 g/mol. The summed E-state index contributed by atoms with van der Waals surface area (Å²) in [6, 6.07) is 7.87. The summed E-state index contributed by atoms with van der Waals surface area (Å²) in [6.45, 7) is 7.34. The molecule has 0 atom stereocenters. The Morgan fingerprint density at radius 1 is 1.15 bits per heavy atom. The molecular weight excluding hydrogens is 338 g/mol. The molecule has 26 heavy (non-hydrogen) atoms. The molecule has 1 aromatic rings. The lowest BCUT2D eigenvalue weighted by molar-refractivity contribution is -0.149. The van der Waals surface area contributed by atoms with Gasteiger partial charge in [-0.25, -0.2) is 4.79 Å². The van der Waals surface area contributed by atoms with E-state index in [-0.39, 0.29) is 24.4 Å². The molecule has 0 fully saturated rings.